The van der Waals surface area contributed by atoms with E-state index in [-0.39, 0.29) is 0 Å². The molecule has 4 aromatic rings. The molecule has 0 saturated carbocycles. The van der Waals surface area contributed by atoms with Crippen LogP contribution < -0.4 is 0 Å². The van der Waals surface area contributed by atoms with Gasteiger partial charge in [-0.25, -0.2) is 0 Å². The lowest BCUT2D eigenvalue weighted by molar-refractivity contribution is 0.214. The molecule has 0 bridgehead atoms. The van der Waals surface area contributed by atoms with Crippen molar-refractivity contribution in [3.8, 4) is 11.4 Å². The first-order chi connectivity index (χ1) is 16.5. The molecule has 178 valence electrons. The first-order valence-corrected chi connectivity index (χ1v) is 12.5. The fourth-order valence-electron chi connectivity index (χ4n) is 5.28. The van der Waals surface area contributed by atoms with Crippen molar-refractivity contribution in [3.05, 3.63) is 105 Å². The van der Waals surface area contributed by atoms with E-state index in [1.807, 2.05) is 60.7 Å². The van der Waals surface area contributed by atoms with Crippen molar-refractivity contribution in [2.75, 3.05) is 0 Å². The van der Waals surface area contributed by atoms with Crippen molar-refractivity contribution in [1.82, 2.24) is 9.97 Å². The van der Waals surface area contributed by atoms with Crippen LogP contribution in [0.3, 0.4) is 0 Å². The molecular weight excluding hydrogens is 420 g/mol. The van der Waals surface area contributed by atoms with Gasteiger partial charge in [-0.2, -0.15) is 0 Å². The van der Waals surface area contributed by atoms with Gasteiger partial charge in [0, 0.05) is 0 Å². The highest BCUT2D eigenvalue weighted by Crippen LogP contribution is 2.39. The van der Waals surface area contributed by atoms with Crippen LogP contribution in [0.4, 0.5) is 0 Å². The van der Waals surface area contributed by atoms with E-state index in [9.17, 15) is 10.2 Å². The average Bonchev–Trinajstić information content (AvgIpc) is 3.46. The third kappa shape index (κ3) is 4.24. The highest BCUT2D eigenvalue weighted by atomic mass is 16.3. The highest BCUT2D eigenvalue weighted by Gasteiger charge is 2.27. The lowest BCUT2D eigenvalue weighted by Gasteiger charge is -2.12. The molecule has 4 rings (SSSR count). The summed E-state index contributed by atoms with van der Waals surface area (Å²) in [5.41, 5.74) is 10.3. The average molecular weight is 457 g/mol. The Kier molecular flexibility index (Phi) is 7.40. The van der Waals surface area contributed by atoms with Crippen LogP contribution in [0.1, 0.15) is 84.7 Å². The zero-order valence-electron chi connectivity index (χ0n) is 20.7. The van der Waals surface area contributed by atoms with Gasteiger partial charge < -0.3 is 20.2 Å². The van der Waals surface area contributed by atoms with Crippen LogP contribution in [0.25, 0.3) is 11.4 Å². The van der Waals surface area contributed by atoms with E-state index in [4.69, 9.17) is 0 Å². The van der Waals surface area contributed by atoms with Crippen molar-refractivity contribution in [1.29, 1.82) is 0 Å². The van der Waals surface area contributed by atoms with Gasteiger partial charge in [0.2, 0.25) is 0 Å². The van der Waals surface area contributed by atoms with Crippen molar-refractivity contribution < 1.29 is 10.2 Å². The Morgan fingerprint density at radius 3 is 1.15 bits per heavy atom. The molecule has 4 N–H and O–H groups in total. The van der Waals surface area contributed by atoms with E-state index in [0.29, 0.717) is 0 Å². The largest absolute Gasteiger partial charge is 0.382 e. The van der Waals surface area contributed by atoms with Crippen LogP contribution in [0.15, 0.2) is 60.7 Å². The zero-order chi connectivity index (χ0) is 24.2. The molecule has 4 heteroatoms. The molecule has 2 unspecified atom stereocenters. The van der Waals surface area contributed by atoms with Crippen LogP contribution in [0.5, 0.6) is 0 Å². The maximum absolute atomic E-state index is 11.3. The van der Waals surface area contributed by atoms with E-state index in [1.165, 1.54) is 22.3 Å². The van der Waals surface area contributed by atoms with Crippen molar-refractivity contribution >= 4 is 0 Å². The van der Waals surface area contributed by atoms with E-state index < -0.39 is 12.2 Å². The Hall–Kier alpha value is -3.08. The zero-order valence-corrected chi connectivity index (χ0v) is 20.7. The van der Waals surface area contributed by atoms with Crippen LogP contribution in [0.2, 0.25) is 0 Å². The standard InChI is InChI=1S/C30H36N2O2/c1-5-21-23(7-3)27(29(33)19-15-11-9-12-16-19)31-25(21)26-22(6-2)24(8-4)28(32-26)30(34)20-17-13-10-14-18-20/h9-18,29-34H,5-8H2,1-4H3. The van der Waals surface area contributed by atoms with Gasteiger partial charge in [-0.1, -0.05) is 88.4 Å². The Bertz CT molecular complexity index is 1120. The number of aromatic amines is 2. The summed E-state index contributed by atoms with van der Waals surface area (Å²) in [4.78, 5) is 7.24. The Balaban J connectivity index is 1.89. The molecule has 0 saturated heterocycles. The molecular formula is C30H36N2O2. The predicted octanol–water partition coefficient (Wildman–Crippen LogP) is 6.42. The molecule has 0 amide bonds. The number of benzene rings is 2. The summed E-state index contributed by atoms with van der Waals surface area (Å²) in [5, 5.41) is 22.5. The molecule has 2 aromatic carbocycles. The van der Waals surface area contributed by atoms with E-state index >= 15 is 0 Å². The minimum absolute atomic E-state index is 0.713. The molecule has 2 atom stereocenters. The SMILES string of the molecule is CCc1c(-c2[nH]c(C(O)c3ccccc3)c(CC)c2CC)[nH]c(C(O)c2ccccc2)c1CC. The van der Waals surface area contributed by atoms with Gasteiger partial charge in [0.05, 0.1) is 22.8 Å². The smallest absolute Gasteiger partial charge is 0.119 e. The van der Waals surface area contributed by atoms with Gasteiger partial charge >= 0.3 is 0 Å². The van der Waals surface area contributed by atoms with Crippen LogP contribution in [0, 0.1) is 0 Å². The van der Waals surface area contributed by atoms with Gasteiger partial charge in [-0.05, 0) is 59.1 Å². The summed E-state index contributed by atoms with van der Waals surface area (Å²) in [6.45, 7) is 8.62. The maximum atomic E-state index is 11.3. The molecule has 0 aliphatic carbocycles. The fourth-order valence-corrected chi connectivity index (χ4v) is 5.28. The molecule has 4 nitrogen and oxygen atoms in total. The number of hydrogen-bond donors (Lipinski definition) is 4. The van der Waals surface area contributed by atoms with Crippen molar-refractivity contribution in [2.24, 2.45) is 0 Å². The van der Waals surface area contributed by atoms with Gasteiger partial charge in [0.1, 0.15) is 12.2 Å². The summed E-state index contributed by atoms with van der Waals surface area (Å²) in [6, 6.07) is 19.6. The number of aliphatic hydroxyl groups is 2. The van der Waals surface area contributed by atoms with E-state index in [0.717, 1.165) is 59.6 Å². The number of rotatable bonds is 9. The van der Waals surface area contributed by atoms with Gasteiger partial charge in [0.15, 0.2) is 0 Å². The second kappa shape index (κ2) is 10.5. The monoisotopic (exact) mass is 456 g/mol. The quantitative estimate of drug-likeness (QED) is 0.235. The maximum Gasteiger partial charge on any atom is 0.119 e. The molecule has 0 aliphatic heterocycles. The summed E-state index contributed by atoms with van der Waals surface area (Å²) >= 11 is 0. The number of aliphatic hydroxyl groups excluding tert-OH is 2. The van der Waals surface area contributed by atoms with Crippen LogP contribution in [-0.2, 0) is 25.7 Å². The van der Waals surface area contributed by atoms with Crippen molar-refractivity contribution in [2.45, 2.75) is 65.6 Å². The van der Waals surface area contributed by atoms with E-state index in [1.54, 1.807) is 0 Å². The van der Waals surface area contributed by atoms with Gasteiger partial charge in [-0.3, -0.25) is 0 Å². The van der Waals surface area contributed by atoms with Gasteiger partial charge in [0.25, 0.3) is 0 Å². The summed E-state index contributed by atoms with van der Waals surface area (Å²) in [6.07, 6.45) is 1.96. The first kappa shape index (κ1) is 24.1. The highest BCUT2D eigenvalue weighted by molar-refractivity contribution is 5.70. The normalized spacial score (nSPS) is 13.2. The molecule has 2 aromatic heterocycles. The fraction of sp³-hybridized carbons (Fsp3) is 0.333. The van der Waals surface area contributed by atoms with E-state index in [2.05, 4.69) is 37.7 Å². The number of hydrogen-bond acceptors (Lipinski definition) is 2. The molecule has 2 heterocycles. The second-order valence-electron chi connectivity index (χ2n) is 8.78. The topological polar surface area (TPSA) is 72.0 Å². The molecule has 0 spiro atoms. The Labute approximate surface area is 202 Å². The minimum atomic E-state index is -0.713. The number of nitrogens with one attached hydrogen (secondary N) is 2. The first-order valence-electron chi connectivity index (χ1n) is 12.5. The third-order valence-corrected chi connectivity index (χ3v) is 6.94. The molecule has 0 aliphatic rings. The second-order valence-corrected chi connectivity index (χ2v) is 8.78. The molecule has 0 fully saturated rings. The lowest BCUT2D eigenvalue weighted by atomic mass is 9.95. The van der Waals surface area contributed by atoms with Crippen LogP contribution in [-0.4, -0.2) is 20.2 Å². The third-order valence-electron chi connectivity index (χ3n) is 6.94. The van der Waals surface area contributed by atoms with Crippen LogP contribution >= 0.6 is 0 Å². The molecule has 34 heavy (non-hydrogen) atoms. The van der Waals surface area contributed by atoms with Crippen molar-refractivity contribution in [3.63, 3.8) is 0 Å². The Morgan fingerprint density at radius 2 is 0.853 bits per heavy atom. The Morgan fingerprint density at radius 1 is 0.529 bits per heavy atom. The summed E-state index contributed by atoms with van der Waals surface area (Å²) in [5.74, 6) is 0. The predicted molar refractivity (Wildman–Crippen MR) is 139 cm³/mol. The number of H-pyrrole nitrogens is 2. The lowest BCUT2D eigenvalue weighted by Crippen LogP contribution is -2.03. The number of aromatic nitrogens is 2. The van der Waals surface area contributed by atoms with Gasteiger partial charge in [-0.15, -0.1) is 0 Å². The molecule has 0 radical (unpaired) electrons. The summed E-state index contributed by atoms with van der Waals surface area (Å²) in [7, 11) is 0. The minimum Gasteiger partial charge on any atom is -0.382 e. The summed E-state index contributed by atoms with van der Waals surface area (Å²) < 4.78 is 0.